The van der Waals surface area contributed by atoms with Crippen molar-refractivity contribution in [2.75, 3.05) is 18.0 Å². The zero-order chi connectivity index (χ0) is 11.0. The molecule has 1 N–H and O–H groups in total. The van der Waals surface area contributed by atoms with Crippen LogP contribution in [0.2, 0.25) is 0 Å². The number of piperidine rings is 1. The molecule has 1 saturated heterocycles. The Morgan fingerprint density at radius 2 is 2.19 bits per heavy atom. The molecule has 2 heterocycles. The van der Waals surface area contributed by atoms with E-state index in [-0.39, 0.29) is 0 Å². The molecule has 1 aliphatic carbocycles. The van der Waals surface area contributed by atoms with Crippen molar-refractivity contribution in [2.24, 2.45) is 7.05 Å². The van der Waals surface area contributed by atoms with Crippen LogP contribution in [0.1, 0.15) is 25.7 Å². The van der Waals surface area contributed by atoms with Crippen molar-refractivity contribution >= 4 is 5.82 Å². The lowest BCUT2D eigenvalue weighted by Crippen LogP contribution is -2.46. The third-order valence-electron chi connectivity index (χ3n) is 3.49. The van der Waals surface area contributed by atoms with Crippen LogP contribution in [0.5, 0.6) is 0 Å². The molecule has 2 fully saturated rings. The number of nitrogens with zero attached hydrogens (tertiary/aromatic N) is 3. The highest BCUT2D eigenvalue weighted by molar-refractivity contribution is 5.37. The molecule has 2 aliphatic rings. The van der Waals surface area contributed by atoms with Crippen LogP contribution >= 0.6 is 0 Å². The minimum atomic E-state index is 0.670. The van der Waals surface area contributed by atoms with E-state index in [0.717, 1.165) is 24.9 Å². The maximum atomic E-state index is 4.48. The van der Waals surface area contributed by atoms with E-state index in [4.69, 9.17) is 0 Å². The van der Waals surface area contributed by atoms with Gasteiger partial charge in [-0.05, 0) is 25.7 Å². The summed E-state index contributed by atoms with van der Waals surface area (Å²) in [5.41, 5.74) is 0. The molecule has 0 radical (unpaired) electrons. The average molecular weight is 220 g/mol. The second-order valence-corrected chi connectivity index (χ2v) is 5.07. The number of aryl methyl sites for hydroxylation is 1. The second-order valence-electron chi connectivity index (χ2n) is 5.07. The van der Waals surface area contributed by atoms with Crippen LogP contribution in [0.3, 0.4) is 0 Å². The zero-order valence-corrected chi connectivity index (χ0v) is 9.89. The molecule has 3 rings (SSSR count). The van der Waals surface area contributed by atoms with Gasteiger partial charge in [-0.3, -0.25) is 4.68 Å². The van der Waals surface area contributed by atoms with Gasteiger partial charge in [-0.1, -0.05) is 0 Å². The Kier molecular flexibility index (Phi) is 2.59. The van der Waals surface area contributed by atoms with E-state index in [0.29, 0.717) is 6.04 Å². The standard InChI is InChI=1S/C12H20N4/c1-15-8-6-12(14-15)16-7-2-3-11(9-16)13-10-4-5-10/h6,8,10-11,13H,2-5,7,9H2,1H3. The lowest BCUT2D eigenvalue weighted by Gasteiger charge is -2.33. The van der Waals surface area contributed by atoms with Crippen LogP contribution in [0.15, 0.2) is 12.3 Å². The number of rotatable bonds is 3. The van der Waals surface area contributed by atoms with Gasteiger partial charge < -0.3 is 10.2 Å². The zero-order valence-electron chi connectivity index (χ0n) is 9.89. The summed E-state index contributed by atoms with van der Waals surface area (Å²) in [6, 6.07) is 3.59. The largest absolute Gasteiger partial charge is 0.354 e. The van der Waals surface area contributed by atoms with Gasteiger partial charge in [0.1, 0.15) is 0 Å². The molecule has 1 saturated carbocycles. The lowest BCUT2D eigenvalue weighted by atomic mass is 10.1. The second kappa shape index (κ2) is 4.09. The molecule has 4 nitrogen and oxygen atoms in total. The molecule has 0 amide bonds. The highest BCUT2D eigenvalue weighted by Crippen LogP contribution is 2.23. The molecule has 1 aliphatic heterocycles. The van der Waals surface area contributed by atoms with Crippen molar-refractivity contribution in [3.63, 3.8) is 0 Å². The lowest BCUT2D eigenvalue weighted by molar-refractivity contribution is 0.418. The van der Waals surface area contributed by atoms with Crippen molar-refractivity contribution in [2.45, 2.75) is 37.8 Å². The molecule has 1 aromatic rings. The van der Waals surface area contributed by atoms with Crippen molar-refractivity contribution in [3.05, 3.63) is 12.3 Å². The Morgan fingerprint density at radius 1 is 1.31 bits per heavy atom. The Labute approximate surface area is 96.6 Å². The summed E-state index contributed by atoms with van der Waals surface area (Å²) in [5.74, 6) is 1.13. The van der Waals surface area contributed by atoms with Gasteiger partial charge in [0.2, 0.25) is 0 Å². The van der Waals surface area contributed by atoms with Gasteiger partial charge in [-0.15, -0.1) is 0 Å². The number of hydrogen-bond acceptors (Lipinski definition) is 3. The van der Waals surface area contributed by atoms with Crippen molar-refractivity contribution < 1.29 is 0 Å². The first-order valence-electron chi connectivity index (χ1n) is 6.32. The van der Waals surface area contributed by atoms with Gasteiger partial charge in [-0.25, -0.2) is 0 Å². The fourth-order valence-electron chi connectivity index (χ4n) is 2.48. The fourth-order valence-corrected chi connectivity index (χ4v) is 2.48. The molecule has 1 aromatic heterocycles. The third-order valence-corrected chi connectivity index (χ3v) is 3.49. The van der Waals surface area contributed by atoms with Crippen LogP contribution in [0, 0.1) is 0 Å². The van der Waals surface area contributed by atoms with E-state index in [2.05, 4.69) is 21.4 Å². The van der Waals surface area contributed by atoms with Crippen LogP contribution in [-0.2, 0) is 7.05 Å². The Hall–Kier alpha value is -1.03. The van der Waals surface area contributed by atoms with E-state index in [1.807, 2.05) is 17.9 Å². The quantitative estimate of drug-likeness (QED) is 0.829. The molecule has 0 aromatic carbocycles. The monoisotopic (exact) mass is 220 g/mol. The van der Waals surface area contributed by atoms with Gasteiger partial charge in [-0.2, -0.15) is 5.10 Å². The SMILES string of the molecule is Cn1ccc(N2CCCC(NC3CC3)C2)n1. The highest BCUT2D eigenvalue weighted by atomic mass is 15.3. The molecule has 88 valence electrons. The predicted octanol–water partition coefficient (Wildman–Crippen LogP) is 1.14. The molecular weight excluding hydrogens is 200 g/mol. The van der Waals surface area contributed by atoms with Crippen LogP contribution in [-0.4, -0.2) is 35.0 Å². The van der Waals surface area contributed by atoms with E-state index in [1.165, 1.54) is 25.7 Å². The maximum Gasteiger partial charge on any atom is 0.150 e. The van der Waals surface area contributed by atoms with E-state index < -0.39 is 0 Å². The number of aromatic nitrogens is 2. The van der Waals surface area contributed by atoms with Gasteiger partial charge in [0, 0.05) is 44.5 Å². The van der Waals surface area contributed by atoms with Crippen LogP contribution < -0.4 is 10.2 Å². The normalized spacial score (nSPS) is 26.1. The summed E-state index contributed by atoms with van der Waals surface area (Å²) in [5, 5.41) is 8.20. The summed E-state index contributed by atoms with van der Waals surface area (Å²) in [6.45, 7) is 2.27. The number of nitrogens with one attached hydrogen (secondary N) is 1. The van der Waals surface area contributed by atoms with Crippen molar-refractivity contribution in [1.82, 2.24) is 15.1 Å². The summed E-state index contributed by atoms with van der Waals surface area (Å²) < 4.78 is 1.88. The topological polar surface area (TPSA) is 33.1 Å². The van der Waals surface area contributed by atoms with E-state index >= 15 is 0 Å². The molecule has 0 spiro atoms. The molecule has 4 heteroatoms. The predicted molar refractivity (Wildman–Crippen MR) is 64.6 cm³/mol. The Balaban J connectivity index is 1.62. The number of anilines is 1. The van der Waals surface area contributed by atoms with Gasteiger partial charge >= 0.3 is 0 Å². The molecular formula is C12H20N4. The molecule has 16 heavy (non-hydrogen) atoms. The van der Waals surface area contributed by atoms with Crippen LogP contribution in [0.4, 0.5) is 5.82 Å². The summed E-state index contributed by atoms with van der Waals surface area (Å²) in [4.78, 5) is 2.41. The van der Waals surface area contributed by atoms with Gasteiger partial charge in [0.25, 0.3) is 0 Å². The maximum absolute atomic E-state index is 4.48. The molecule has 0 bridgehead atoms. The Bertz CT molecular complexity index is 356. The van der Waals surface area contributed by atoms with Gasteiger partial charge in [0.05, 0.1) is 0 Å². The first-order valence-corrected chi connectivity index (χ1v) is 6.32. The smallest absolute Gasteiger partial charge is 0.150 e. The van der Waals surface area contributed by atoms with Crippen molar-refractivity contribution in [1.29, 1.82) is 0 Å². The summed E-state index contributed by atoms with van der Waals surface area (Å²) >= 11 is 0. The number of hydrogen-bond donors (Lipinski definition) is 1. The Morgan fingerprint density at radius 3 is 2.88 bits per heavy atom. The molecule has 1 unspecified atom stereocenters. The average Bonchev–Trinajstić information content (AvgIpc) is 2.98. The first-order chi connectivity index (χ1) is 7.81. The van der Waals surface area contributed by atoms with E-state index in [1.54, 1.807) is 0 Å². The third kappa shape index (κ3) is 2.21. The summed E-state index contributed by atoms with van der Waals surface area (Å²) in [6.07, 6.45) is 7.37. The minimum absolute atomic E-state index is 0.670. The molecule has 1 atom stereocenters. The highest BCUT2D eigenvalue weighted by Gasteiger charge is 2.28. The summed E-state index contributed by atoms with van der Waals surface area (Å²) in [7, 11) is 1.98. The fraction of sp³-hybridized carbons (Fsp3) is 0.750. The minimum Gasteiger partial charge on any atom is -0.354 e. The van der Waals surface area contributed by atoms with E-state index in [9.17, 15) is 0 Å². The van der Waals surface area contributed by atoms with Crippen molar-refractivity contribution in [3.8, 4) is 0 Å². The first kappa shape index (κ1) is 10.1. The van der Waals surface area contributed by atoms with Gasteiger partial charge in [0.15, 0.2) is 5.82 Å². The van der Waals surface area contributed by atoms with Crippen LogP contribution in [0.25, 0.3) is 0 Å².